The van der Waals surface area contributed by atoms with Crippen LogP contribution < -0.4 is 11.2 Å². The molecular weight excluding hydrogens is 416 g/mol. The third-order valence-electron chi connectivity index (χ3n) is 4.95. The molecule has 0 saturated carbocycles. The molecule has 2 aliphatic rings. The van der Waals surface area contributed by atoms with Crippen LogP contribution in [0.1, 0.15) is 25.6 Å². The Morgan fingerprint density at radius 3 is 2.43 bits per heavy atom. The Morgan fingerprint density at radius 1 is 1.10 bits per heavy atom. The molecule has 11 heteroatoms. The van der Waals surface area contributed by atoms with E-state index in [2.05, 4.69) is 4.98 Å². The van der Waals surface area contributed by atoms with E-state index in [1.807, 2.05) is 6.92 Å². The average Bonchev–Trinajstić information content (AvgIpc) is 3.14. The number of nitrogens with zero attached hydrogens (tertiary/aromatic N) is 1. The third-order valence-corrected chi connectivity index (χ3v) is 6.24. The Kier molecular flexibility index (Phi) is 5.19. The Bertz CT molecular complexity index is 1150. The Morgan fingerprint density at radius 2 is 1.77 bits per heavy atom. The van der Waals surface area contributed by atoms with Crippen molar-refractivity contribution in [1.82, 2.24) is 9.55 Å². The van der Waals surface area contributed by atoms with Crippen LogP contribution in [-0.4, -0.2) is 48.7 Å². The number of rotatable bonds is 5. The van der Waals surface area contributed by atoms with Gasteiger partial charge < -0.3 is 14.2 Å². The summed E-state index contributed by atoms with van der Waals surface area (Å²) in [4.78, 5) is 25.8. The molecule has 0 radical (unpaired) electrons. The molecule has 2 aromatic rings. The number of aromatic amines is 1. The van der Waals surface area contributed by atoms with Crippen LogP contribution in [-0.2, 0) is 28.5 Å². The van der Waals surface area contributed by atoms with Gasteiger partial charge in [-0.3, -0.25) is 18.5 Å². The maximum absolute atomic E-state index is 12.5. The van der Waals surface area contributed by atoms with E-state index in [0.717, 1.165) is 5.56 Å². The molecule has 1 aromatic carbocycles. The van der Waals surface area contributed by atoms with Gasteiger partial charge in [0.05, 0.1) is 11.5 Å². The standard InChI is InChI=1S/C19H22N2O8S/c1-11-4-6-12(7-5-11)30(24,25)26-10-13-15-16(29-19(2,3)28-15)17(27-13)21-9-8-14(22)20-18(21)23/h4-9,13,15-17H,10H2,1-3H3,(H,20,22,23)/t13-,15-,16+,17-/m0/s1. The van der Waals surface area contributed by atoms with Crippen LogP contribution in [0, 0.1) is 6.92 Å². The van der Waals surface area contributed by atoms with Crippen molar-refractivity contribution in [1.29, 1.82) is 0 Å². The van der Waals surface area contributed by atoms with Crippen LogP contribution in [0.3, 0.4) is 0 Å². The summed E-state index contributed by atoms with van der Waals surface area (Å²) in [7, 11) is -4.01. The molecule has 0 spiro atoms. The van der Waals surface area contributed by atoms with Crippen LogP contribution in [0.15, 0.2) is 51.0 Å². The predicted molar refractivity (Wildman–Crippen MR) is 103 cm³/mol. The van der Waals surface area contributed by atoms with E-state index < -0.39 is 51.7 Å². The normalized spacial score (nSPS) is 27.8. The van der Waals surface area contributed by atoms with E-state index in [1.165, 1.54) is 29.0 Å². The Labute approximate surface area is 172 Å². The van der Waals surface area contributed by atoms with Gasteiger partial charge in [0, 0.05) is 12.3 Å². The largest absolute Gasteiger partial charge is 0.346 e. The number of H-pyrrole nitrogens is 1. The number of aromatic nitrogens is 2. The molecule has 4 atom stereocenters. The summed E-state index contributed by atoms with van der Waals surface area (Å²) in [6.45, 7) is 4.94. The van der Waals surface area contributed by atoms with Crippen molar-refractivity contribution < 1.29 is 26.8 Å². The summed E-state index contributed by atoms with van der Waals surface area (Å²) in [6, 6.07) is 7.46. The molecular formula is C19H22N2O8S. The van der Waals surface area contributed by atoms with Crippen LogP contribution in [0.4, 0.5) is 0 Å². The smallest absolute Gasteiger partial charge is 0.330 e. The van der Waals surface area contributed by atoms with Crippen molar-refractivity contribution in [3.63, 3.8) is 0 Å². The minimum Gasteiger partial charge on any atom is -0.346 e. The lowest BCUT2D eigenvalue weighted by Gasteiger charge is -2.24. The molecule has 2 saturated heterocycles. The van der Waals surface area contributed by atoms with Crippen molar-refractivity contribution in [3.05, 3.63) is 62.9 Å². The summed E-state index contributed by atoms with van der Waals surface area (Å²) in [6.07, 6.45) is -1.81. The molecule has 1 aromatic heterocycles. The molecule has 2 fully saturated rings. The second kappa shape index (κ2) is 7.43. The first-order valence-electron chi connectivity index (χ1n) is 9.34. The van der Waals surface area contributed by atoms with Gasteiger partial charge in [0.15, 0.2) is 12.0 Å². The highest BCUT2D eigenvalue weighted by atomic mass is 32.2. The summed E-state index contributed by atoms with van der Waals surface area (Å²) in [5, 5.41) is 0. The maximum atomic E-state index is 12.5. The van der Waals surface area contributed by atoms with Crippen molar-refractivity contribution in [2.75, 3.05) is 6.61 Å². The van der Waals surface area contributed by atoms with Crippen molar-refractivity contribution in [2.24, 2.45) is 0 Å². The lowest BCUT2D eigenvalue weighted by Crippen LogP contribution is -2.37. The molecule has 162 valence electrons. The monoisotopic (exact) mass is 438 g/mol. The van der Waals surface area contributed by atoms with Gasteiger partial charge in [-0.05, 0) is 32.9 Å². The average molecular weight is 438 g/mol. The van der Waals surface area contributed by atoms with Gasteiger partial charge in [0.25, 0.3) is 15.7 Å². The molecule has 10 nitrogen and oxygen atoms in total. The second-order valence-electron chi connectivity index (χ2n) is 7.70. The van der Waals surface area contributed by atoms with E-state index in [-0.39, 0.29) is 11.5 Å². The fourth-order valence-electron chi connectivity index (χ4n) is 3.57. The first-order valence-corrected chi connectivity index (χ1v) is 10.8. The fraction of sp³-hybridized carbons (Fsp3) is 0.474. The van der Waals surface area contributed by atoms with Gasteiger partial charge in [-0.25, -0.2) is 4.79 Å². The first kappa shape index (κ1) is 20.9. The lowest BCUT2D eigenvalue weighted by molar-refractivity contribution is -0.199. The fourth-order valence-corrected chi connectivity index (χ4v) is 4.49. The maximum Gasteiger partial charge on any atom is 0.330 e. The molecule has 0 bridgehead atoms. The number of benzene rings is 1. The van der Waals surface area contributed by atoms with Gasteiger partial charge in [-0.2, -0.15) is 8.42 Å². The van der Waals surface area contributed by atoms with Crippen LogP contribution >= 0.6 is 0 Å². The zero-order valence-electron chi connectivity index (χ0n) is 16.6. The SMILES string of the molecule is Cc1ccc(S(=O)(=O)OC[C@@H]2O[C@H](n3ccc(=O)[nH]c3=O)[C@@H]3OC(C)(C)O[C@H]32)cc1. The molecule has 0 unspecified atom stereocenters. The molecule has 1 N–H and O–H groups in total. The lowest BCUT2D eigenvalue weighted by atomic mass is 10.1. The van der Waals surface area contributed by atoms with Gasteiger partial charge in [0.2, 0.25) is 0 Å². The molecule has 2 aliphatic heterocycles. The summed E-state index contributed by atoms with van der Waals surface area (Å²) in [5.41, 5.74) is -0.295. The van der Waals surface area contributed by atoms with E-state index in [9.17, 15) is 18.0 Å². The number of aryl methyl sites for hydroxylation is 1. The first-order chi connectivity index (χ1) is 14.1. The summed E-state index contributed by atoms with van der Waals surface area (Å²) >= 11 is 0. The molecule has 30 heavy (non-hydrogen) atoms. The van der Waals surface area contributed by atoms with Crippen molar-refractivity contribution in [3.8, 4) is 0 Å². The summed E-state index contributed by atoms with van der Waals surface area (Å²) < 4.78 is 49.1. The summed E-state index contributed by atoms with van der Waals surface area (Å²) in [5.74, 6) is -0.961. The molecule has 0 aliphatic carbocycles. The van der Waals surface area contributed by atoms with Gasteiger partial charge >= 0.3 is 5.69 Å². The highest BCUT2D eigenvalue weighted by molar-refractivity contribution is 7.86. The molecule has 4 rings (SSSR count). The predicted octanol–water partition coefficient (Wildman–Crippen LogP) is 0.668. The van der Waals surface area contributed by atoms with Crippen LogP contribution in [0.5, 0.6) is 0 Å². The number of nitrogens with one attached hydrogen (secondary N) is 1. The van der Waals surface area contributed by atoms with E-state index >= 15 is 0 Å². The third kappa shape index (κ3) is 3.98. The zero-order valence-corrected chi connectivity index (χ0v) is 17.4. The minimum absolute atomic E-state index is 0.0278. The number of hydrogen-bond acceptors (Lipinski definition) is 8. The van der Waals surface area contributed by atoms with Crippen molar-refractivity contribution in [2.45, 2.75) is 56.0 Å². The quantitative estimate of drug-likeness (QED) is 0.675. The van der Waals surface area contributed by atoms with Crippen LogP contribution in [0.2, 0.25) is 0 Å². The molecule has 0 amide bonds. The van der Waals surface area contributed by atoms with Gasteiger partial charge in [0.1, 0.15) is 18.3 Å². The Balaban J connectivity index is 1.57. The number of fused-ring (bicyclic) bond motifs is 1. The van der Waals surface area contributed by atoms with Crippen LogP contribution in [0.25, 0.3) is 0 Å². The zero-order chi connectivity index (χ0) is 21.7. The van der Waals surface area contributed by atoms with Gasteiger partial charge in [-0.1, -0.05) is 17.7 Å². The Hall–Kier alpha value is -2.31. The number of hydrogen-bond donors (Lipinski definition) is 1. The highest BCUT2D eigenvalue weighted by Crippen LogP contribution is 2.42. The van der Waals surface area contributed by atoms with E-state index in [1.54, 1.807) is 26.0 Å². The topological polar surface area (TPSA) is 126 Å². The highest BCUT2D eigenvalue weighted by Gasteiger charge is 2.56. The van der Waals surface area contributed by atoms with Crippen molar-refractivity contribution >= 4 is 10.1 Å². The number of ether oxygens (including phenoxy) is 3. The van der Waals surface area contributed by atoms with E-state index in [4.69, 9.17) is 18.4 Å². The van der Waals surface area contributed by atoms with E-state index in [0.29, 0.717) is 0 Å². The van der Waals surface area contributed by atoms with Gasteiger partial charge in [-0.15, -0.1) is 0 Å². The minimum atomic E-state index is -4.01. The second-order valence-corrected chi connectivity index (χ2v) is 9.31. The molecule has 3 heterocycles.